The molecular weight excluding hydrogens is 204 g/mol. The molecule has 6 rings (SSSR count). The Morgan fingerprint density at radius 1 is 1.31 bits per heavy atom. The maximum absolute atomic E-state index is 12.3. The van der Waals surface area contributed by atoms with Crippen LogP contribution in [0.4, 0.5) is 0 Å². The molecule has 8 atom stereocenters. The predicted molar refractivity (Wildman–Crippen MR) is 53.1 cm³/mol. The Bertz CT molecular complexity index is 482. The fraction of sp³-hybridized carbons (Fsp3) is 0.846. The van der Waals surface area contributed by atoms with E-state index in [-0.39, 0.29) is 28.6 Å². The van der Waals surface area contributed by atoms with E-state index in [9.17, 15) is 9.59 Å². The van der Waals surface area contributed by atoms with Crippen molar-refractivity contribution in [3.63, 3.8) is 0 Å². The molecule has 0 aromatic carbocycles. The molecule has 6 aliphatic rings. The number of hydrogen-bond acceptors (Lipinski definition) is 3. The first kappa shape index (κ1) is 8.26. The molecule has 0 heterocycles. The monoisotopic (exact) mass is 218 g/mol. The molecule has 0 N–H and O–H groups in total. The van der Waals surface area contributed by atoms with E-state index in [1.54, 1.807) is 0 Å². The summed E-state index contributed by atoms with van der Waals surface area (Å²) in [6.45, 7) is 2.29. The molecule has 0 saturated heterocycles. The van der Waals surface area contributed by atoms with Gasteiger partial charge in [0.1, 0.15) is 5.78 Å². The summed E-state index contributed by atoms with van der Waals surface area (Å²) >= 11 is 0. The summed E-state index contributed by atoms with van der Waals surface area (Å²) in [5.74, 6) is 2.59. The van der Waals surface area contributed by atoms with E-state index < -0.39 is 0 Å². The average molecular weight is 218 g/mol. The Labute approximate surface area is 93.5 Å². The zero-order chi connectivity index (χ0) is 11.0. The van der Waals surface area contributed by atoms with Gasteiger partial charge in [-0.15, -0.1) is 0 Å². The highest BCUT2D eigenvalue weighted by atomic mass is 16.5. The fourth-order valence-corrected chi connectivity index (χ4v) is 7.07. The minimum atomic E-state index is -0.344. The van der Waals surface area contributed by atoms with Gasteiger partial charge in [0.05, 0.1) is 12.5 Å². The van der Waals surface area contributed by atoms with Crippen LogP contribution >= 0.6 is 0 Å². The second kappa shape index (κ2) is 1.77. The third-order valence-electron chi connectivity index (χ3n) is 7.11. The molecular formula is C13H14O3. The summed E-state index contributed by atoms with van der Waals surface area (Å²) in [5, 5.41) is 0. The molecule has 0 radical (unpaired) electrons. The van der Waals surface area contributed by atoms with E-state index >= 15 is 0 Å². The highest BCUT2D eigenvalue weighted by Crippen LogP contribution is 2.96. The molecule has 0 unspecified atom stereocenters. The lowest BCUT2D eigenvalue weighted by Crippen LogP contribution is -2.75. The largest absolute Gasteiger partial charge is 0.469 e. The van der Waals surface area contributed by atoms with Crippen LogP contribution in [0, 0.1) is 46.3 Å². The van der Waals surface area contributed by atoms with Gasteiger partial charge in [-0.05, 0) is 35.5 Å². The molecule has 0 spiro atoms. The second-order valence-corrected chi connectivity index (χ2v) is 6.65. The zero-order valence-corrected chi connectivity index (χ0v) is 9.40. The summed E-state index contributed by atoms with van der Waals surface area (Å²) < 4.78 is 5.01. The van der Waals surface area contributed by atoms with Crippen LogP contribution in [0.3, 0.4) is 0 Å². The highest BCUT2D eigenvalue weighted by Gasteiger charge is 2.99. The maximum atomic E-state index is 12.3. The number of rotatable bonds is 1. The van der Waals surface area contributed by atoms with Crippen molar-refractivity contribution >= 4 is 11.8 Å². The Morgan fingerprint density at radius 2 is 2.06 bits per heavy atom. The minimum Gasteiger partial charge on any atom is -0.469 e. The standard InChI is InChI=1S/C13H14O3/c1-12-4-3-5-6(12)8-9(12)10(14)7(4)13(5,8)11(15)16-2/h4-9H,3H2,1-2H3/t4-,5-,6-,7-,8-,9+,12+,13-/m1/s1. The maximum Gasteiger partial charge on any atom is 0.313 e. The number of carbonyl (C=O) groups is 2. The van der Waals surface area contributed by atoms with E-state index in [2.05, 4.69) is 6.92 Å². The number of carbonyl (C=O) groups excluding carboxylic acids is 2. The van der Waals surface area contributed by atoms with Crippen LogP contribution in [0.2, 0.25) is 0 Å². The molecule has 16 heavy (non-hydrogen) atoms. The molecule has 4 bridgehead atoms. The normalized spacial score (nSPS) is 70.5. The van der Waals surface area contributed by atoms with Gasteiger partial charge in [-0.25, -0.2) is 0 Å². The molecule has 6 fully saturated rings. The van der Waals surface area contributed by atoms with Crippen molar-refractivity contribution in [1.29, 1.82) is 0 Å². The van der Waals surface area contributed by atoms with Crippen molar-refractivity contribution in [1.82, 2.24) is 0 Å². The van der Waals surface area contributed by atoms with Gasteiger partial charge in [0.2, 0.25) is 0 Å². The van der Waals surface area contributed by atoms with E-state index in [0.29, 0.717) is 29.5 Å². The quantitative estimate of drug-likeness (QED) is 0.613. The Kier molecular flexibility index (Phi) is 0.914. The number of Topliss-reactive ketones (excluding diaryl/α,β-unsaturated/α-hetero) is 1. The summed E-state index contributed by atoms with van der Waals surface area (Å²) in [5.41, 5.74) is -0.0591. The molecule has 6 aliphatic carbocycles. The van der Waals surface area contributed by atoms with Gasteiger partial charge in [-0.2, -0.15) is 0 Å². The first-order chi connectivity index (χ1) is 7.61. The summed E-state index contributed by atoms with van der Waals surface area (Å²) in [6.07, 6.45) is 1.11. The number of ether oxygens (including phenoxy) is 1. The molecule has 0 aromatic rings. The summed E-state index contributed by atoms with van der Waals surface area (Å²) in [4.78, 5) is 24.4. The topological polar surface area (TPSA) is 43.4 Å². The van der Waals surface area contributed by atoms with Gasteiger partial charge >= 0.3 is 5.97 Å². The van der Waals surface area contributed by atoms with Crippen LogP contribution in [-0.2, 0) is 14.3 Å². The van der Waals surface area contributed by atoms with E-state index in [1.807, 2.05) is 0 Å². The Hall–Kier alpha value is -0.860. The van der Waals surface area contributed by atoms with Gasteiger partial charge in [-0.1, -0.05) is 6.92 Å². The van der Waals surface area contributed by atoms with Gasteiger partial charge < -0.3 is 4.74 Å². The van der Waals surface area contributed by atoms with Gasteiger partial charge in [0.15, 0.2) is 0 Å². The number of esters is 1. The number of hydrogen-bond donors (Lipinski definition) is 0. The van der Waals surface area contributed by atoms with Gasteiger partial charge in [0, 0.05) is 11.8 Å². The number of methoxy groups -OCH3 is 1. The SMILES string of the molecule is COC(=O)[C@]12[C@@H]3[C@H]4[C@H]1C[C@@H]1[C@@H]2C(=O)[C@H]3[C@]41C. The minimum absolute atomic E-state index is 0.0370. The van der Waals surface area contributed by atoms with Crippen LogP contribution in [0.5, 0.6) is 0 Å². The molecule has 6 saturated carbocycles. The molecule has 3 heteroatoms. The molecule has 3 nitrogen and oxygen atoms in total. The summed E-state index contributed by atoms with van der Waals surface area (Å²) in [7, 11) is 1.47. The van der Waals surface area contributed by atoms with Crippen LogP contribution in [0.25, 0.3) is 0 Å². The lowest BCUT2D eigenvalue weighted by molar-refractivity contribution is -0.284. The Balaban J connectivity index is 1.79. The Morgan fingerprint density at radius 3 is 2.75 bits per heavy atom. The third kappa shape index (κ3) is 0.383. The number of ketones is 1. The van der Waals surface area contributed by atoms with Crippen molar-refractivity contribution in [3.05, 3.63) is 0 Å². The summed E-state index contributed by atoms with van der Waals surface area (Å²) in [6, 6.07) is 0. The van der Waals surface area contributed by atoms with Crippen molar-refractivity contribution < 1.29 is 14.3 Å². The van der Waals surface area contributed by atoms with E-state index in [0.717, 1.165) is 6.42 Å². The van der Waals surface area contributed by atoms with Crippen molar-refractivity contribution in [2.45, 2.75) is 13.3 Å². The lowest BCUT2D eigenvalue weighted by atomic mass is 9.29. The van der Waals surface area contributed by atoms with Crippen LogP contribution in [0.1, 0.15) is 13.3 Å². The predicted octanol–water partition coefficient (Wildman–Crippen LogP) is 0.876. The molecule has 0 aromatic heterocycles. The first-order valence-corrected chi connectivity index (χ1v) is 6.23. The lowest BCUT2D eigenvalue weighted by Gasteiger charge is -2.72. The molecule has 0 amide bonds. The fourth-order valence-electron chi connectivity index (χ4n) is 7.07. The van der Waals surface area contributed by atoms with Crippen LogP contribution < -0.4 is 0 Å². The van der Waals surface area contributed by atoms with Crippen molar-refractivity contribution in [2.75, 3.05) is 7.11 Å². The van der Waals surface area contributed by atoms with Gasteiger partial charge in [0.25, 0.3) is 0 Å². The molecule has 84 valence electrons. The molecule has 0 aliphatic heterocycles. The highest BCUT2D eigenvalue weighted by molar-refractivity contribution is 6.03. The van der Waals surface area contributed by atoms with Gasteiger partial charge in [-0.3, -0.25) is 9.59 Å². The second-order valence-electron chi connectivity index (χ2n) is 6.65. The van der Waals surface area contributed by atoms with Crippen LogP contribution in [-0.4, -0.2) is 18.9 Å². The van der Waals surface area contributed by atoms with E-state index in [4.69, 9.17) is 4.74 Å². The zero-order valence-electron chi connectivity index (χ0n) is 9.40. The van der Waals surface area contributed by atoms with Crippen molar-refractivity contribution in [3.8, 4) is 0 Å². The van der Waals surface area contributed by atoms with E-state index in [1.165, 1.54) is 7.11 Å². The third-order valence-corrected chi connectivity index (χ3v) is 7.11. The average Bonchev–Trinajstić information content (AvgIpc) is 2.69. The smallest absolute Gasteiger partial charge is 0.313 e. The first-order valence-electron chi connectivity index (χ1n) is 6.23. The van der Waals surface area contributed by atoms with Crippen molar-refractivity contribution in [2.24, 2.45) is 46.3 Å². The van der Waals surface area contributed by atoms with Crippen LogP contribution in [0.15, 0.2) is 0 Å².